The molecule has 1 heterocycles. The molecule has 0 aliphatic heterocycles. The summed E-state index contributed by atoms with van der Waals surface area (Å²) in [5.74, 6) is 0.612. The van der Waals surface area contributed by atoms with E-state index in [1.807, 2.05) is 6.08 Å². The van der Waals surface area contributed by atoms with Gasteiger partial charge in [0.05, 0.1) is 0 Å². The Bertz CT molecular complexity index is 500. The standard InChI is InChI=1S/C14H15ClS/c1-3-14(2,10-15)8-11-9-16-13-7-5-4-6-12(11)13/h3-7,9H,1,8,10H2,2H3. The lowest BCUT2D eigenvalue weighted by Crippen LogP contribution is -2.18. The molecule has 2 heteroatoms. The van der Waals surface area contributed by atoms with Crippen molar-refractivity contribution in [2.45, 2.75) is 13.3 Å². The average Bonchev–Trinajstić information content (AvgIpc) is 2.73. The van der Waals surface area contributed by atoms with E-state index in [9.17, 15) is 0 Å². The maximum Gasteiger partial charge on any atom is 0.0345 e. The summed E-state index contributed by atoms with van der Waals surface area (Å²) in [5, 5.41) is 3.59. The van der Waals surface area contributed by atoms with Crippen molar-refractivity contribution < 1.29 is 0 Å². The molecule has 84 valence electrons. The lowest BCUT2D eigenvalue weighted by Gasteiger charge is -2.22. The molecule has 16 heavy (non-hydrogen) atoms. The van der Waals surface area contributed by atoms with Crippen LogP contribution in [0.15, 0.2) is 42.3 Å². The summed E-state index contributed by atoms with van der Waals surface area (Å²) in [6.07, 6.45) is 2.93. The van der Waals surface area contributed by atoms with Crippen LogP contribution in [-0.2, 0) is 6.42 Å². The van der Waals surface area contributed by atoms with Crippen molar-refractivity contribution in [3.8, 4) is 0 Å². The average molecular weight is 251 g/mol. The van der Waals surface area contributed by atoms with Crippen molar-refractivity contribution in [2.24, 2.45) is 5.41 Å². The van der Waals surface area contributed by atoms with E-state index in [0.717, 1.165) is 6.42 Å². The summed E-state index contributed by atoms with van der Waals surface area (Å²) < 4.78 is 1.35. The Morgan fingerprint density at radius 2 is 2.19 bits per heavy atom. The molecule has 0 saturated carbocycles. The third kappa shape index (κ3) is 2.16. The molecule has 0 bridgehead atoms. The van der Waals surface area contributed by atoms with Crippen LogP contribution < -0.4 is 0 Å². The maximum atomic E-state index is 6.01. The number of rotatable bonds is 4. The van der Waals surface area contributed by atoms with Gasteiger partial charge in [-0.05, 0) is 28.8 Å². The van der Waals surface area contributed by atoms with Gasteiger partial charge >= 0.3 is 0 Å². The van der Waals surface area contributed by atoms with Crippen LogP contribution in [0.4, 0.5) is 0 Å². The molecule has 0 spiro atoms. The minimum absolute atomic E-state index is 0.00853. The number of hydrogen-bond acceptors (Lipinski definition) is 1. The Kier molecular flexibility index (Phi) is 3.36. The zero-order valence-electron chi connectivity index (χ0n) is 9.37. The summed E-state index contributed by atoms with van der Waals surface area (Å²) in [6, 6.07) is 8.51. The fourth-order valence-electron chi connectivity index (χ4n) is 1.78. The summed E-state index contributed by atoms with van der Waals surface area (Å²) in [5.41, 5.74) is 1.37. The molecule has 0 nitrogen and oxygen atoms in total. The van der Waals surface area contributed by atoms with Crippen molar-refractivity contribution in [2.75, 3.05) is 5.88 Å². The van der Waals surface area contributed by atoms with E-state index in [0.29, 0.717) is 5.88 Å². The van der Waals surface area contributed by atoms with Gasteiger partial charge in [0.1, 0.15) is 0 Å². The van der Waals surface area contributed by atoms with E-state index < -0.39 is 0 Å². The lowest BCUT2D eigenvalue weighted by molar-refractivity contribution is 0.488. The number of thiophene rings is 1. The highest BCUT2D eigenvalue weighted by Gasteiger charge is 2.21. The van der Waals surface area contributed by atoms with Gasteiger partial charge in [-0.1, -0.05) is 31.2 Å². The minimum Gasteiger partial charge on any atom is -0.144 e. The molecule has 2 aromatic rings. The molecule has 2 rings (SSSR count). The first-order valence-electron chi connectivity index (χ1n) is 5.33. The molecule has 0 N–H and O–H groups in total. The third-order valence-electron chi connectivity index (χ3n) is 2.95. The Morgan fingerprint density at radius 1 is 1.44 bits per heavy atom. The van der Waals surface area contributed by atoms with E-state index in [2.05, 4.69) is 43.1 Å². The highest BCUT2D eigenvalue weighted by atomic mass is 35.5. The molecule has 0 amide bonds. The number of fused-ring (bicyclic) bond motifs is 1. The Hall–Kier alpha value is -0.790. The normalized spacial score (nSPS) is 14.9. The largest absolute Gasteiger partial charge is 0.144 e. The highest BCUT2D eigenvalue weighted by Crippen LogP contribution is 2.32. The van der Waals surface area contributed by atoms with Crippen LogP contribution in [0.2, 0.25) is 0 Å². The van der Waals surface area contributed by atoms with Crippen LogP contribution in [0.5, 0.6) is 0 Å². The van der Waals surface area contributed by atoms with Crippen LogP contribution in [0, 0.1) is 5.41 Å². The van der Waals surface area contributed by atoms with E-state index in [4.69, 9.17) is 11.6 Å². The SMILES string of the molecule is C=CC(C)(CCl)Cc1csc2ccccc12. The summed E-state index contributed by atoms with van der Waals surface area (Å²) in [6.45, 7) is 6.04. The third-order valence-corrected chi connectivity index (χ3v) is 4.58. The van der Waals surface area contributed by atoms with Gasteiger partial charge in [-0.2, -0.15) is 0 Å². The molecular formula is C14H15ClS. The van der Waals surface area contributed by atoms with Gasteiger partial charge in [-0.25, -0.2) is 0 Å². The predicted octanol–water partition coefficient (Wildman–Crippen LogP) is 4.87. The molecule has 0 saturated heterocycles. The second-order valence-electron chi connectivity index (χ2n) is 4.43. The first-order valence-corrected chi connectivity index (χ1v) is 6.74. The minimum atomic E-state index is -0.00853. The van der Waals surface area contributed by atoms with Crippen LogP contribution in [-0.4, -0.2) is 5.88 Å². The fourth-order valence-corrected chi connectivity index (χ4v) is 2.95. The molecule has 1 atom stereocenters. The summed E-state index contributed by atoms with van der Waals surface area (Å²) >= 11 is 7.81. The Balaban J connectivity index is 2.38. The molecule has 1 aromatic heterocycles. The van der Waals surface area contributed by atoms with E-state index in [1.165, 1.54) is 15.6 Å². The smallest absolute Gasteiger partial charge is 0.0345 e. The Labute approximate surface area is 106 Å². The second-order valence-corrected chi connectivity index (χ2v) is 5.60. The monoisotopic (exact) mass is 250 g/mol. The maximum absolute atomic E-state index is 6.01. The van der Waals surface area contributed by atoms with Crippen LogP contribution in [0.3, 0.4) is 0 Å². The summed E-state index contributed by atoms with van der Waals surface area (Å²) in [4.78, 5) is 0. The topological polar surface area (TPSA) is 0 Å². The summed E-state index contributed by atoms with van der Waals surface area (Å²) in [7, 11) is 0. The van der Waals surface area contributed by atoms with E-state index in [1.54, 1.807) is 11.3 Å². The van der Waals surface area contributed by atoms with Crippen LogP contribution in [0.25, 0.3) is 10.1 Å². The molecule has 0 fully saturated rings. The van der Waals surface area contributed by atoms with Gasteiger partial charge in [-0.15, -0.1) is 29.5 Å². The van der Waals surface area contributed by atoms with Crippen LogP contribution in [0.1, 0.15) is 12.5 Å². The molecule has 0 aliphatic rings. The number of benzene rings is 1. The molecule has 1 unspecified atom stereocenters. The number of hydrogen-bond donors (Lipinski definition) is 0. The lowest BCUT2D eigenvalue weighted by atomic mass is 9.86. The van der Waals surface area contributed by atoms with E-state index in [-0.39, 0.29) is 5.41 Å². The zero-order valence-corrected chi connectivity index (χ0v) is 10.9. The van der Waals surface area contributed by atoms with Crippen molar-refractivity contribution in [3.05, 3.63) is 47.9 Å². The molecular weight excluding hydrogens is 236 g/mol. The molecule has 1 aromatic carbocycles. The number of halogens is 1. The second kappa shape index (κ2) is 4.60. The van der Waals surface area contributed by atoms with Gasteiger partial charge < -0.3 is 0 Å². The van der Waals surface area contributed by atoms with Crippen molar-refractivity contribution in [3.63, 3.8) is 0 Å². The van der Waals surface area contributed by atoms with Gasteiger partial charge in [0.25, 0.3) is 0 Å². The first-order chi connectivity index (χ1) is 7.68. The molecule has 0 aliphatic carbocycles. The van der Waals surface area contributed by atoms with Crippen molar-refractivity contribution in [1.29, 1.82) is 0 Å². The Morgan fingerprint density at radius 3 is 2.88 bits per heavy atom. The fraction of sp³-hybridized carbons (Fsp3) is 0.286. The predicted molar refractivity (Wildman–Crippen MR) is 74.6 cm³/mol. The van der Waals surface area contributed by atoms with Gasteiger partial charge in [0, 0.05) is 16.0 Å². The highest BCUT2D eigenvalue weighted by molar-refractivity contribution is 7.17. The van der Waals surface area contributed by atoms with Gasteiger partial charge in [0.15, 0.2) is 0 Å². The number of allylic oxidation sites excluding steroid dienone is 1. The first kappa shape index (κ1) is 11.7. The van der Waals surface area contributed by atoms with Gasteiger partial charge in [0.2, 0.25) is 0 Å². The molecule has 0 radical (unpaired) electrons. The quantitative estimate of drug-likeness (QED) is 0.536. The van der Waals surface area contributed by atoms with E-state index >= 15 is 0 Å². The van der Waals surface area contributed by atoms with Crippen molar-refractivity contribution >= 4 is 33.0 Å². The van der Waals surface area contributed by atoms with Crippen molar-refractivity contribution in [1.82, 2.24) is 0 Å². The van der Waals surface area contributed by atoms with Crippen LogP contribution >= 0.6 is 22.9 Å². The van der Waals surface area contributed by atoms with Gasteiger partial charge in [-0.3, -0.25) is 0 Å². The number of alkyl halides is 1. The zero-order chi connectivity index (χ0) is 11.6.